The SMILES string of the molecule is CCCCc1c(Nc2nc(=O)n(CC(=NC)NC)c(=O)n2Cc2cc(F)c(F)cc2F)c(Cl)cc2nn(C)cc12. The van der Waals surface area contributed by atoms with Crippen LogP contribution in [-0.4, -0.2) is 43.8 Å². The first-order valence-corrected chi connectivity index (χ1v) is 12.9. The van der Waals surface area contributed by atoms with Crippen LogP contribution in [0.2, 0.25) is 5.02 Å². The Labute approximate surface area is 232 Å². The maximum absolute atomic E-state index is 14.7. The van der Waals surface area contributed by atoms with Gasteiger partial charge in [-0.1, -0.05) is 24.9 Å². The minimum Gasteiger partial charge on any atom is -0.375 e. The Morgan fingerprint density at radius 2 is 1.82 bits per heavy atom. The number of aliphatic imine (C=N–C) groups is 1. The predicted octanol–water partition coefficient (Wildman–Crippen LogP) is 3.74. The number of benzene rings is 2. The van der Waals surface area contributed by atoms with Crippen molar-refractivity contribution in [2.75, 3.05) is 19.4 Å². The molecule has 0 unspecified atom stereocenters. The standard InChI is InChI=1S/C26H28ClF3N8O2/c1-5-6-7-15-16-12-36(4)35-21(16)9-17(27)23(15)33-24-34-25(39)38(13-22(31-2)32-3)26(40)37(24)11-14-8-19(29)20(30)10-18(14)28/h8-10,12H,5-7,11,13H2,1-4H3,(H,31,32)(H,33,34,39). The van der Waals surface area contributed by atoms with Gasteiger partial charge in [0.05, 0.1) is 29.3 Å². The van der Waals surface area contributed by atoms with E-state index in [0.717, 1.165) is 32.9 Å². The summed E-state index contributed by atoms with van der Waals surface area (Å²) in [4.78, 5) is 34.7. The molecule has 2 heterocycles. The number of amidine groups is 1. The van der Waals surface area contributed by atoms with Gasteiger partial charge in [-0.15, -0.1) is 0 Å². The molecule has 0 aliphatic heterocycles. The Morgan fingerprint density at radius 3 is 2.50 bits per heavy atom. The minimum absolute atomic E-state index is 0.248. The number of fused-ring (bicyclic) bond motifs is 1. The van der Waals surface area contributed by atoms with E-state index in [1.165, 1.54) is 7.05 Å². The molecule has 0 saturated heterocycles. The maximum atomic E-state index is 14.7. The van der Waals surface area contributed by atoms with Gasteiger partial charge < -0.3 is 10.6 Å². The lowest BCUT2D eigenvalue weighted by Crippen LogP contribution is -2.45. The van der Waals surface area contributed by atoms with Crippen LogP contribution in [0.5, 0.6) is 0 Å². The van der Waals surface area contributed by atoms with E-state index in [-0.39, 0.29) is 23.1 Å². The molecule has 0 aliphatic rings. The number of likely N-dealkylation sites (N-methyl/N-ethyl adjacent to an activating group) is 1. The van der Waals surface area contributed by atoms with Gasteiger partial charge in [-0.2, -0.15) is 10.1 Å². The summed E-state index contributed by atoms with van der Waals surface area (Å²) in [5.74, 6) is -3.68. The van der Waals surface area contributed by atoms with Gasteiger partial charge in [0.25, 0.3) is 0 Å². The number of unbranched alkanes of at least 4 members (excludes halogenated alkanes) is 1. The fourth-order valence-corrected chi connectivity index (χ4v) is 4.61. The smallest absolute Gasteiger partial charge is 0.355 e. The van der Waals surface area contributed by atoms with Crippen LogP contribution in [0.1, 0.15) is 30.9 Å². The largest absolute Gasteiger partial charge is 0.375 e. The third-order valence-electron chi connectivity index (χ3n) is 6.44. The number of hydrogen-bond donors (Lipinski definition) is 2. The van der Waals surface area contributed by atoms with Gasteiger partial charge in [0, 0.05) is 44.4 Å². The molecule has 0 atom stereocenters. The summed E-state index contributed by atoms with van der Waals surface area (Å²) in [7, 11) is 4.82. The number of aromatic nitrogens is 5. The van der Waals surface area contributed by atoms with Gasteiger partial charge in [0.1, 0.15) is 11.7 Å². The Hall–Kier alpha value is -4.13. The average molecular weight is 577 g/mol. The molecule has 2 aromatic heterocycles. The van der Waals surface area contributed by atoms with Crippen molar-refractivity contribution in [3.05, 3.63) is 79.0 Å². The highest BCUT2D eigenvalue weighted by Gasteiger charge is 2.21. The monoisotopic (exact) mass is 576 g/mol. The third-order valence-corrected chi connectivity index (χ3v) is 6.74. The zero-order valence-electron chi connectivity index (χ0n) is 22.4. The molecule has 2 aromatic carbocycles. The van der Waals surface area contributed by atoms with E-state index in [9.17, 15) is 22.8 Å². The summed E-state index contributed by atoms with van der Waals surface area (Å²) in [5, 5.41) is 11.3. The van der Waals surface area contributed by atoms with Crippen LogP contribution >= 0.6 is 11.6 Å². The van der Waals surface area contributed by atoms with E-state index in [0.29, 0.717) is 35.6 Å². The molecule has 0 aliphatic carbocycles. The number of rotatable bonds is 9. The first kappa shape index (κ1) is 28.9. The second-order valence-corrected chi connectivity index (χ2v) is 9.53. The van der Waals surface area contributed by atoms with E-state index in [4.69, 9.17) is 11.6 Å². The number of nitrogens with zero attached hydrogens (tertiary/aromatic N) is 6. The molecule has 0 saturated carbocycles. The van der Waals surface area contributed by atoms with Crippen LogP contribution in [0.3, 0.4) is 0 Å². The molecular formula is C26H28ClF3N8O2. The van der Waals surface area contributed by atoms with Crippen molar-refractivity contribution in [2.45, 2.75) is 39.3 Å². The Balaban J connectivity index is 1.93. The fourth-order valence-electron chi connectivity index (χ4n) is 4.35. The summed E-state index contributed by atoms with van der Waals surface area (Å²) in [6.07, 6.45) is 4.12. The van der Waals surface area contributed by atoms with Gasteiger partial charge >= 0.3 is 11.4 Å². The molecular weight excluding hydrogens is 549 g/mol. The van der Waals surface area contributed by atoms with Crippen LogP contribution in [0.25, 0.3) is 10.9 Å². The molecule has 4 aromatic rings. The summed E-state index contributed by atoms with van der Waals surface area (Å²) in [6, 6.07) is 2.69. The topological polar surface area (TPSA) is 111 Å². The van der Waals surface area contributed by atoms with Gasteiger partial charge in [0.2, 0.25) is 5.95 Å². The molecule has 0 fully saturated rings. The van der Waals surface area contributed by atoms with Crippen LogP contribution in [0.4, 0.5) is 24.8 Å². The van der Waals surface area contributed by atoms with Crippen molar-refractivity contribution in [3.8, 4) is 0 Å². The van der Waals surface area contributed by atoms with Crippen molar-refractivity contribution < 1.29 is 13.2 Å². The second-order valence-electron chi connectivity index (χ2n) is 9.13. The Morgan fingerprint density at radius 1 is 1.10 bits per heavy atom. The summed E-state index contributed by atoms with van der Waals surface area (Å²) in [6.45, 7) is 1.22. The summed E-state index contributed by atoms with van der Waals surface area (Å²) < 4.78 is 45.7. The van der Waals surface area contributed by atoms with Crippen LogP contribution in [0, 0.1) is 17.5 Å². The normalized spacial score (nSPS) is 11.8. The molecule has 0 spiro atoms. The van der Waals surface area contributed by atoms with Crippen LogP contribution in [0.15, 0.2) is 39.0 Å². The Kier molecular flexibility index (Phi) is 8.62. The van der Waals surface area contributed by atoms with Crippen molar-refractivity contribution in [3.63, 3.8) is 0 Å². The highest BCUT2D eigenvalue weighted by atomic mass is 35.5. The molecule has 2 N–H and O–H groups in total. The van der Waals surface area contributed by atoms with Crippen molar-refractivity contribution in [1.29, 1.82) is 0 Å². The van der Waals surface area contributed by atoms with Crippen molar-refractivity contribution in [2.24, 2.45) is 12.0 Å². The average Bonchev–Trinajstić information content (AvgIpc) is 3.28. The summed E-state index contributed by atoms with van der Waals surface area (Å²) >= 11 is 6.65. The molecule has 10 nitrogen and oxygen atoms in total. The van der Waals surface area contributed by atoms with Gasteiger partial charge in [-0.3, -0.25) is 14.2 Å². The maximum Gasteiger partial charge on any atom is 0.355 e. The minimum atomic E-state index is -1.37. The Bertz CT molecular complexity index is 1730. The number of halogens is 4. The highest BCUT2D eigenvalue weighted by Crippen LogP contribution is 2.36. The van der Waals surface area contributed by atoms with E-state index in [1.807, 2.05) is 13.1 Å². The predicted molar refractivity (Wildman–Crippen MR) is 148 cm³/mol. The van der Waals surface area contributed by atoms with Gasteiger partial charge in [-0.25, -0.2) is 27.3 Å². The first-order valence-electron chi connectivity index (χ1n) is 12.5. The quantitative estimate of drug-likeness (QED) is 0.178. The highest BCUT2D eigenvalue weighted by molar-refractivity contribution is 6.34. The van der Waals surface area contributed by atoms with Crippen LogP contribution in [-0.2, 0) is 26.6 Å². The number of anilines is 2. The third kappa shape index (κ3) is 5.74. The molecule has 212 valence electrons. The lowest BCUT2D eigenvalue weighted by atomic mass is 10.0. The van der Waals surface area contributed by atoms with Crippen LogP contribution < -0.4 is 22.0 Å². The molecule has 4 rings (SSSR count). The molecule has 0 amide bonds. The second kappa shape index (κ2) is 11.9. The molecule has 0 radical (unpaired) electrons. The van der Waals surface area contributed by atoms with Crippen molar-refractivity contribution in [1.82, 2.24) is 29.2 Å². The molecule has 14 heteroatoms. The zero-order valence-corrected chi connectivity index (χ0v) is 23.1. The van der Waals surface area contributed by atoms with Gasteiger partial charge in [-0.05, 0) is 30.5 Å². The lowest BCUT2D eigenvalue weighted by molar-refractivity contribution is 0.486. The number of hydrogen-bond acceptors (Lipinski definition) is 6. The first-order chi connectivity index (χ1) is 19.1. The molecule has 40 heavy (non-hydrogen) atoms. The van der Waals surface area contributed by atoms with E-state index in [1.54, 1.807) is 24.8 Å². The van der Waals surface area contributed by atoms with Crippen molar-refractivity contribution >= 4 is 40.0 Å². The van der Waals surface area contributed by atoms with E-state index >= 15 is 0 Å². The lowest BCUT2D eigenvalue weighted by Gasteiger charge is -2.19. The van der Waals surface area contributed by atoms with E-state index < -0.39 is 35.4 Å². The number of nitrogens with one attached hydrogen (secondary N) is 2. The summed E-state index contributed by atoms with van der Waals surface area (Å²) in [5.41, 5.74) is -0.264. The zero-order chi connectivity index (χ0) is 29.1. The fraction of sp³-hybridized carbons (Fsp3) is 0.346. The molecule has 0 bridgehead atoms. The van der Waals surface area contributed by atoms with Gasteiger partial charge in [0.15, 0.2) is 11.6 Å². The van der Waals surface area contributed by atoms with E-state index in [2.05, 4.69) is 25.7 Å². The number of aryl methyl sites for hydroxylation is 2.